The Kier molecular flexibility index (Phi) is 5.82. The lowest BCUT2D eigenvalue weighted by molar-refractivity contribution is 0.0764. The van der Waals surface area contributed by atoms with E-state index in [2.05, 4.69) is 4.90 Å². The van der Waals surface area contributed by atoms with Crippen LogP contribution in [0.5, 0.6) is 17.2 Å². The van der Waals surface area contributed by atoms with Gasteiger partial charge in [0.05, 0.1) is 13.7 Å². The largest absolute Gasteiger partial charge is 0.493 e. The molecule has 2 heterocycles. The van der Waals surface area contributed by atoms with Gasteiger partial charge < -0.3 is 23.8 Å². The van der Waals surface area contributed by atoms with E-state index in [4.69, 9.17) is 18.9 Å². The fourth-order valence-corrected chi connectivity index (χ4v) is 3.06. The molecule has 1 aromatic rings. The quantitative estimate of drug-likeness (QED) is 0.712. The number of nitrogens with zero attached hydrogens (tertiary/aromatic N) is 2. The van der Waals surface area contributed by atoms with Gasteiger partial charge >= 0.3 is 6.09 Å². The number of benzene rings is 1. The monoisotopic (exact) mass is 364 g/mol. The van der Waals surface area contributed by atoms with Gasteiger partial charge in [-0.05, 0) is 19.1 Å². The van der Waals surface area contributed by atoms with Gasteiger partial charge in [0.1, 0.15) is 0 Å². The Balaban J connectivity index is 1.52. The molecule has 26 heavy (non-hydrogen) atoms. The maximum absolute atomic E-state index is 12.5. The summed E-state index contributed by atoms with van der Waals surface area (Å²) in [5.41, 5.74) is 0.552. The second-order valence-corrected chi connectivity index (χ2v) is 6.11. The summed E-state index contributed by atoms with van der Waals surface area (Å²) in [4.78, 5) is 28.1. The van der Waals surface area contributed by atoms with Crippen molar-refractivity contribution in [3.05, 3.63) is 17.7 Å². The smallest absolute Gasteiger partial charge is 0.409 e. The van der Waals surface area contributed by atoms with Crippen molar-refractivity contribution in [2.75, 3.05) is 53.2 Å². The second kappa shape index (κ2) is 8.27. The van der Waals surface area contributed by atoms with Crippen LogP contribution in [-0.2, 0) is 4.74 Å². The lowest BCUT2D eigenvalue weighted by Gasteiger charge is -2.33. The Hall–Kier alpha value is -2.48. The molecule has 0 radical (unpaired) electrons. The molecule has 3 rings (SSSR count). The van der Waals surface area contributed by atoms with E-state index in [0.29, 0.717) is 55.5 Å². The first-order valence-corrected chi connectivity index (χ1v) is 8.77. The molecule has 0 saturated carbocycles. The summed E-state index contributed by atoms with van der Waals surface area (Å²) in [6.07, 6.45) is 0.123. The molecule has 0 atom stereocenters. The Morgan fingerprint density at radius 2 is 1.92 bits per heavy atom. The summed E-state index contributed by atoms with van der Waals surface area (Å²) in [7, 11) is 1.54. The zero-order valence-corrected chi connectivity index (χ0v) is 15.2. The number of hydrogen-bond acceptors (Lipinski definition) is 7. The number of amides is 1. The Labute approximate surface area is 152 Å². The van der Waals surface area contributed by atoms with Crippen molar-refractivity contribution in [2.24, 2.45) is 0 Å². The van der Waals surface area contributed by atoms with Crippen LogP contribution in [0.3, 0.4) is 0 Å². The summed E-state index contributed by atoms with van der Waals surface area (Å²) in [5, 5.41) is 0. The number of piperazine rings is 1. The van der Waals surface area contributed by atoms with E-state index in [9.17, 15) is 9.59 Å². The van der Waals surface area contributed by atoms with Crippen LogP contribution >= 0.6 is 0 Å². The maximum atomic E-state index is 12.5. The summed E-state index contributed by atoms with van der Waals surface area (Å²) in [6, 6.07) is 3.39. The molecule has 0 aromatic heterocycles. The van der Waals surface area contributed by atoms with E-state index >= 15 is 0 Å². The third kappa shape index (κ3) is 4.01. The zero-order chi connectivity index (χ0) is 18.5. The van der Waals surface area contributed by atoms with Gasteiger partial charge in [-0.2, -0.15) is 0 Å². The van der Waals surface area contributed by atoms with Crippen molar-refractivity contribution in [1.29, 1.82) is 0 Å². The minimum Gasteiger partial charge on any atom is -0.493 e. The standard InChI is InChI=1S/C18H24N2O6/c1-3-24-18(22)20-8-6-19(7-9-20)5-4-14(21)13-10-15(23-2)17-16(11-13)25-12-26-17/h10-11H,3-9,12H2,1-2H3. The van der Waals surface area contributed by atoms with Crippen molar-refractivity contribution in [2.45, 2.75) is 13.3 Å². The van der Waals surface area contributed by atoms with E-state index in [1.165, 1.54) is 7.11 Å². The second-order valence-electron chi connectivity index (χ2n) is 6.11. The number of fused-ring (bicyclic) bond motifs is 1. The molecule has 0 N–H and O–H groups in total. The van der Waals surface area contributed by atoms with Crippen molar-refractivity contribution < 1.29 is 28.5 Å². The highest BCUT2D eigenvalue weighted by molar-refractivity contribution is 5.97. The summed E-state index contributed by atoms with van der Waals surface area (Å²) < 4.78 is 21.0. The molecule has 2 aliphatic rings. The Bertz CT molecular complexity index is 670. The third-order valence-electron chi connectivity index (χ3n) is 4.53. The van der Waals surface area contributed by atoms with Gasteiger partial charge in [0.2, 0.25) is 12.5 Å². The van der Waals surface area contributed by atoms with Crippen LogP contribution in [0.15, 0.2) is 12.1 Å². The van der Waals surface area contributed by atoms with Gasteiger partial charge in [0, 0.05) is 44.7 Å². The number of carbonyl (C=O) groups excluding carboxylic acids is 2. The number of hydrogen-bond donors (Lipinski definition) is 0. The molecule has 142 valence electrons. The number of methoxy groups -OCH3 is 1. The van der Waals surface area contributed by atoms with Crippen molar-refractivity contribution in [3.63, 3.8) is 0 Å². The molecule has 1 saturated heterocycles. The van der Waals surface area contributed by atoms with E-state index in [-0.39, 0.29) is 18.7 Å². The van der Waals surface area contributed by atoms with Gasteiger partial charge in [0.15, 0.2) is 17.3 Å². The van der Waals surface area contributed by atoms with Crippen LogP contribution in [0.2, 0.25) is 0 Å². The fourth-order valence-electron chi connectivity index (χ4n) is 3.06. The van der Waals surface area contributed by atoms with Gasteiger partial charge in [-0.3, -0.25) is 9.69 Å². The van der Waals surface area contributed by atoms with Gasteiger partial charge in [-0.25, -0.2) is 4.79 Å². The molecule has 1 fully saturated rings. The van der Waals surface area contributed by atoms with E-state index < -0.39 is 0 Å². The van der Waals surface area contributed by atoms with Crippen LogP contribution in [0, 0.1) is 0 Å². The van der Waals surface area contributed by atoms with E-state index in [0.717, 1.165) is 13.1 Å². The first-order valence-electron chi connectivity index (χ1n) is 8.77. The van der Waals surface area contributed by atoms with Gasteiger partial charge in [-0.15, -0.1) is 0 Å². The summed E-state index contributed by atoms with van der Waals surface area (Å²) in [5.74, 6) is 1.61. The number of ketones is 1. The molecule has 8 heteroatoms. The van der Waals surface area contributed by atoms with Crippen LogP contribution in [0.1, 0.15) is 23.7 Å². The first-order chi connectivity index (χ1) is 12.6. The van der Waals surface area contributed by atoms with Gasteiger partial charge in [-0.1, -0.05) is 0 Å². The molecular weight excluding hydrogens is 340 g/mol. The highest BCUT2D eigenvalue weighted by Crippen LogP contribution is 2.42. The first kappa shape index (κ1) is 18.3. The normalized spacial score (nSPS) is 16.5. The molecule has 0 spiro atoms. The Morgan fingerprint density at radius 1 is 1.15 bits per heavy atom. The van der Waals surface area contributed by atoms with Crippen molar-refractivity contribution in [1.82, 2.24) is 9.80 Å². The topological polar surface area (TPSA) is 77.5 Å². The van der Waals surface area contributed by atoms with Crippen LogP contribution in [-0.4, -0.2) is 74.9 Å². The predicted molar refractivity (Wildman–Crippen MR) is 93.1 cm³/mol. The lowest BCUT2D eigenvalue weighted by atomic mass is 10.1. The number of carbonyl (C=O) groups is 2. The van der Waals surface area contributed by atoms with Crippen molar-refractivity contribution in [3.8, 4) is 17.2 Å². The maximum Gasteiger partial charge on any atom is 0.409 e. The highest BCUT2D eigenvalue weighted by Gasteiger charge is 2.24. The fraction of sp³-hybridized carbons (Fsp3) is 0.556. The number of Topliss-reactive ketones (excluding diaryl/α,β-unsaturated/α-hetero) is 1. The average molecular weight is 364 g/mol. The molecule has 0 bridgehead atoms. The van der Waals surface area contributed by atoms with Gasteiger partial charge in [0.25, 0.3) is 0 Å². The van der Waals surface area contributed by atoms with E-state index in [1.54, 1.807) is 24.0 Å². The number of ether oxygens (including phenoxy) is 4. The molecule has 8 nitrogen and oxygen atoms in total. The zero-order valence-electron chi connectivity index (χ0n) is 15.2. The van der Waals surface area contributed by atoms with Crippen LogP contribution < -0.4 is 14.2 Å². The summed E-state index contributed by atoms with van der Waals surface area (Å²) >= 11 is 0. The molecule has 0 unspecified atom stereocenters. The molecule has 0 aliphatic carbocycles. The van der Waals surface area contributed by atoms with Crippen LogP contribution in [0.4, 0.5) is 4.79 Å². The molecule has 1 aromatic carbocycles. The number of rotatable bonds is 6. The SMILES string of the molecule is CCOC(=O)N1CCN(CCC(=O)c2cc(OC)c3c(c2)OCO3)CC1. The minimum atomic E-state index is -0.268. The van der Waals surface area contributed by atoms with Crippen LogP contribution in [0.25, 0.3) is 0 Å². The van der Waals surface area contributed by atoms with Crippen molar-refractivity contribution >= 4 is 11.9 Å². The third-order valence-corrected chi connectivity index (χ3v) is 4.53. The molecule has 1 amide bonds. The lowest BCUT2D eigenvalue weighted by Crippen LogP contribution is -2.49. The minimum absolute atomic E-state index is 0.0226. The Morgan fingerprint density at radius 3 is 2.62 bits per heavy atom. The summed E-state index contributed by atoms with van der Waals surface area (Å²) in [6.45, 7) is 5.65. The average Bonchev–Trinajstić information content (AvgIpc) is 3.14. The predicted octanol–water partition coefficient (Wildman–Crippen LogP) is 1.77. The molecule has 2 aliphatic heterocycles. The highest BCUT2D eigenvalue weighted by atomic mass is 16.7. The molecular formula is C18H24N2O6. The van der Waals surface area contributed by atoms with E-state index in [1.807, 2.05) is 0 Å².